The van der Waals surface area contributed by atoms with E-state index in [-0.39, 0.29) is 11.9 Å². The van der Waals surface area contributed by atoms with Gasteiger partial charge in [0.15, 0.2) is 11.4 Å². The molecule has 0 unspecified atom stereocenters. The number of piperidine rings is 1. The van der Waals surface area contributed by atoms with Gasteiger partial charge in [-0.3, -0.25) is 4.79 Å². The summed E-state index contributed by atoms with van der Waals surface area (Å²) in [5, 5.41) is 0. The Morgan fingerprint density at radius 1 is 1.09 bits per heavy atom. The average molecular weight is 475 g/mol. The van der Waals surface area contributed by atoms with Gasteiger partial charge in [-0.2, -0.15) is 0 Å². The van der Waals surface area contributed by atoms with Gasteiger partial charge in [0.2, 0.25) is 0 Å². The lowest BCUT2D eigenvalue weighted by molar-refractivity contribution is 0.0655. The van der Waals surface area contributed by atoms with Crippen LogP contribution >= 0.6 is 0 Å². The Morgan fingerprint density at radius 3 is 2.74 bits per heavy atom. The highest BCUT2D eigenvalue weighted by Crippen LogP contribution is 2.29. The van der Waals surface area contributed by atoms with Gasteiger partial charge in [0.1, 0.15) is 29.5 Å². The predicted octanol–water partition coefficient (Wildman–Crippen LogP) is 4.44. The number of pyridine rings is 1. The van der Waals surface area contributed by atoms with Gasteiger partial charge in [-0.25, -0.2) is 9.97 Å². The minimum absolute atomic E-state index is 0.0716. The molecule has 5 rings (SSSR count). The molecule has 0 N–H and O–H groups in total. The molecule has 0 atom stereocenters. The third-order valence-electron chi connectivity index (χ3n) is 6.57. The van der Waals surface area contributed by atoms with Crippen molar-refractivity contribution >= 4 is 17.1 Å². The van der Waals surface area contributed by atoms with Crippen LogP contribution in [0.25, 0.3) is 11.2 Å². The average Bonchev–Trinajstić information content (AvgIpc) is 3.52. The Kier molecular flexibility index (Phi) is 6.81. The topological polar surface area (TPSA) is 82.6 Å². The summed E-state index contributed by atoms with van der Waals surface area (Å²) in [6, 6.07) is 15.9. The van der Waals surface area contributed by atoms with Gasteiger partial charge < -0.3 is 23.4 Å². The summed E-state index contributed by atoms with van der Waals surface area (Å²) in [6.45, 7) is 1.67. The van der Waals surface area contributed by atoms with E-state index in [1.807, 2.05) is 35.4 Å². The number of hydrogen-bond acceptors (Lipinski definition) is 6. The van der Waals surface area contributed by atoms with Crippen LogP contribution in [0, 0.1) is 0 Å². The molecular formula is C27H30N4O4. The SMILES string of the molecule is COCc1ccc(C(=O)N2CCC(n3c(CCc4cccc(OC)c4)nc4cccnc43)CC2)o1. The number of benzene rings is 1. The molecule has 1 saturated heterocycles. The molecule has 182 valence electrons. The number of amides is 1. The molecule has 1 aliphatic rings. The Balaban J connectivity index is 1.31. The first kappa shape index (κ1) is 23.1. The van der Waals surface area contributed by atoms with E-state index in [0.717, 1.165) is 48.4 Å². The lowest BCUT2D eigenvalue weighted by Crippen LogP contribution is -2.39. The first-order valence-corrected chi connectivity index (χ1v) is 12.0. The van der Waals surface area contributed by atoms with Crippen LogP contribution in [0.5, 0.6) is 5.75 Å². The standard InChI is InChI=1S/C27H30N4O4/c1-33-18-22-9-10-24(35-22)27(32)30-15-12-20(13-16-30)31-25(29-23-7-4-14-28-26(23)31)11-8-19-5-3-6-21(17-19)34-2/h3-7,9-10,14,17,20H,8,11-13,15-16,18H2,1-2H3. The number of imidazole rings is 1. The van der Waals surface area contributed by atoms with Gasteiger partial charge in [0.05, 0.1) is 7.11 Å². The van der Waals surface area contributed by atoms with Gasteiger partial charge in [0.25, 0.3) is 5.91 Å². The van der Waals surface area contributed by atoms with Crippen molar-refractivity contribution in [2.75, 3.05) is 27.3 Å². The van der Waals surface area contributed by atoms with Crippen LogP contribution in [0.4, 0.5) is 0 Å². The van der Waals surface area contributed by atoms with Crippen molar-refractivity contribution in [2.45, 2.75) is 38.3 Å². The maximum Gasteiger partial charge on any atom is 0.289 e. The van der Waals surface area contributed by atoms with Gasteiger partial charge in [-0.05, 0) is 61.2 Å². The normalized spacial score (nSPS) is 14.5. The van der Waals surface area contributed by atoms with E-state index in [1.54, 1.807) is 26.4 Å². The number of nitrogens with zero attached hydrogens (tertiary/aromatic N) is 4. The molecule has 1 amide bonds. The number of likely N-dealkylation sites (tertiary alicyclic amines) is 1. The second-order valence-electron chi connectivity index (χ2n) is 8.82. The number of furan rings is 1. The number of ether oxygens (including phenoxy) is 2. The molecule has 1 aliphatic heterocycles. The summed E-state index contributed by atoms with van der Waals surface area (Å²) in [5.74, 6) is 2.84. The van der Waals surface area contributed by atoms with Gasteiger partial charge in [-0.1, -0.05) is 12.1 Å². The first-order chi connectivity index (χ1) is 17.2. The number of aromatic nitrogens is 3. The molecule has 0 bridgehead atoms. The van der Waals surface area contributed by atoms with Gasteiger partial charge in [0, 0.05) is 38.9 Å². The molecule has 8 nitrogen and oxygen atoms in total. The van der Waals surface area contributed by atoms with E-state index < -0.39 is 0 Å². The minimum atomic E-state index is -0.0716. The molecule has 4 aromatic rings. The fraction of sp³-hybridized carbons (Fsp3) is 0.370. The highest BCUT2D eigenvalue weighted by atomic mass is 16.5. The number of fused-ring (bicyclic) bond motifs is 1. The highest BCUT2D eigenvalue weighted by molar-refractivity contribution is 5.91. The summed E-state index contributed by atoms with van der Waals surface area (Å²) >= 11 is 0. The van der Waals surface area contributed by atoms with Crippen molar-refractivity contribution in [3.63, 3.8) is 0 Å². The van der Waals surface area contributed by atoms with Crippen LogP contribution in [0.1, 0.15) is 46.6 Å². The van der Waals surface area contributed by atoms with Crippen molar-refractivity contribution in [3.05, 3.63) is 77.6 Å². The number of carbonyl (C=O) groups excluding carboxylic acids is 1. The zero-order valence-electron chi connectivity index (χ0n) is 20.1. The van der Waals surface area contributed by atoms with Gasteiger partial charge >= 0.3 is 0 Å². The van der Waals surface area contributed by atoms with Crippen LogP contribution in [-0.2, 0) is 24.2 Å². The fourth-order valence-corrected chi connectivity index (χ4v) is 4.82. The third kappa shape index (κ3) is 4.93. The van der Waals surface area contributed by atoms with E-state index >= 15 is 0 Å². The molecule has 0 saturated carbocycles. The summed E-state index contributed by atoms with van der Waals surface area (Å²) in [7, 11) is 3.29. The lowest BCUT2D eigenvalue weighted by atomic mass is 10.0. The Labute approximate surface area is 204 Å². The zero-order chi connectivity index (χ0) is 24.2. The van der Waals surface area contributed by atoms with Crippen molar-refractivity contribution in [1.82, 2.24) is 19.4 Å². The molecule has 8 heteroatoms. The van der Waals surface area contributed by atoms with Crippen LogP contribution < -0.4 is 4.74 Å². The van der Waals surface area contributed by atoms with Crippen molar-refractivity contribution in [2.24, 2.45) is 0 Å². The monoisotopic (exact) mass is 474 g/mol. The minimum Gasteiger partial charge on any atom is -0.497 e. The number of aryl methyl sites for hydroxylation is 2. The molecule has 0 spiro atoms. The van der Waals surface area contributed by atoms with E-state index in [0.29, 0.717) is 31.2 Å². The maximum atomic E-state index is 13.0. The fourth-order valence-electron chi connectivity index (χ4n) is 4.82. The quantitative estimate of drug-likeness (QED) is 0.375. The zero-order valence-corrected chi connectivity index (χ0v) is 20.1. The maximum absolute atomic E-state index is 13.0. The van der Waals surface area contributed by atoms with Crippen molar-refractivity contribution in [1.29, 1.82) is 0 Å². The van der Waals surface area contributed by atoms with E-state index in [1.165, 1.54) is 5.56 Å². The highest BCUT2D eigenvalue weighted by Gasteiger charge is 2.28. The first-order valence-electron chi connectivity index (χ1n) is 12.0. The molecule has 0 aliphatic carbocycles. The van der Waals surface area contributed by atoms with Gasteiger partial charge in [-0.15, -0.1) is 0 Å². The molecule has 3 aromatic heterocycles. The van der Waals surface area contributed by atoms with E-state index in [2.05, 4.69) is 21.7 Å². The van der Waals surface area contributed by atoms with Crippen LogP contribution in [0.2, 0.25) is 0 Å². The summed E-state index contributed by atoms with van der Waals surface area (Å²) < 4.78 is 18.4. The van der Waals surface area contributed by atoms with Crippen LogP contribution in [0.3, 0.4) is 0 Å². The smallest absolute Gasteiger partial charge is 0.289 e. The molecule has 1 fully saturated rings. The summed E-state index contributed by atoms with van der Waals surface area (Å²) in [4.78, 5) is 24.4. The summed E-state index contributed by atoms with van der Waals surface area (Å²) in [5.41, 5.74) is 3.03. The number of methoxy groups -OCH3 is 2. The molecular weight excluding hydrogens is 444 g/mol. The number of hydrogen-bond donors (Lipinski definition) is 0. The Bertz CT molecular complexity index is 1300. The summed E-state index contributed by atoms with van der Waals surface area (Å²) in [6.07, 6.45) is 5.16. The van der Waals surface area contributed by atoms with Crippen LogP contribution in [0.15, 0.2) is 59.1 Å². The molecule has 0 radical (unpaired) electrons. The molecule has 35 heavy (non-hydrogen) atoms. The Hall–Kier alpha value is -3.65. The van der Waals surface area contributed by atoms with E-state index in [4.69, 9.17) is 18.9 Å². The molecule has 1 aromatic carbocycles. The number of carbonyl (C=O) groups is 1. The second kappa shape index (κ2) is 10.3. The van der Waals surface area contributed by atoms with Crippen molar-refractivity contribution in [3.8, 4) is 5.75 Å². The Morgan fingerprint density at radius 2 is 1.94 bits per heavy atom. The largest absolute Gasteiger partial charge is 0.497 e. The third-order valence-corrected chi connectivity index (χ3v) is 6.57. The lowest BCUT2D eigenvalue weighted by Gasteiger charge is -2.33. The molecule has 4 heterocycles. The van der Waals surface area contributed by atoms with Crippen LogP contribution in [-0.4, -0.2) is 52.7 Å². The second-order valence-corrected chi connectivity index (χ2v) is 8.82. The number of rotatable bonds is 8. The predicted molar refractivity (Wildman–Crippen MR) is 132 cm³/mol. The van der Waals surface area contributed by atoms with E-state index in [9.17, 15) is 4.79 Å². The van der Waals surface area contributed by atoms with Crippen molar-refractivity contribution < 1.29 is 18.7 Å².